The predicted molar refractivity (Wildman–Crippen MR) is 104 cm³/mol. The molecule has 5 nitrogen and oxygen atoms in total. The molecule has 2 fully saturated rings. The first-order chi connectivity index (χ1) is 13.1. The van der Waals surface area contributed by atoms with E-state index in [-0.39, 0.29) is 5.56 Å². The number of nitrogens with one attached hydrogen (secondary N) is 1. The summed E-state index contributed by atoms with van der Waals surface area (Å²) in [5.74, 6) is 0.479. The summed E-state index contributed by atoms with van der Waals surface area (Å²) in [6, 6.07) is 8.67. The van der Waals surface area contributed by atoms with Gasteiger partial charge >= 0.3 is 0 Å². The summed E-state index contributed by atoms with van der Waals surface area (Å²) in [7, 11) is 0. The fourth-order valence-corrected chi connectivity index (χ4v) is 4.51. The highest BCUT2D eigenvalue weighted by molar-refractivity contribution is 5.68. The summed E-state index contributed by atoms with van der Waals surface area (Å²) in [5.41, 5.74) is 4.08. The lowest BCUT2D eigenvalue weighted by Crippen LogP contribution is -2.54. The van der Waals surface area contributed by atoms with E-state index in [4.69, 9.17) is 9.47 Å². The van der Waals surface area contributed by atoms with Crippen molar-refractivity contribution in [1.82, 2.24) is 9.88 Å². The second-order valence-electron chi connectivity index (χ2n) is 8.14. The summed E-state index contributed by atoms with van der Waals surface area (Å²) >= 11 is 0. The average molecular weight is 366 g/mol. The second-order valence-corrected chi connectivity index (χ2v) is 8.14. The fourth-order valence-electron chi connectivity index (χ4n) is 4.51. The van der Waals surface area contributed by atoms with E-state index >= 15 is 0 Å². The molecule has 1 N–H and O–H groups in total. The largest absolute Gasteiger partial charge is 0.462 e. The van der Waals surface area contributed by atoms with E-state index in [0.29, 0.717) is 6.61 Å². The van der Waals surface area contributed by atoms with Crippen LogP contribution >= 0.6 is 0 Å². The Hall–Kier alpha value is -2.11. The average Bonchev–Trinajstić information content (AvgIpc) is 2.62. The Kier molecular flexibility index (Phi) is 4.10. The van der Waals surface area contributed by atoms with Gasteiger partial charge < -0.3 is 14.5 Å². The van der Waals surface area contributed by atoms with Gasteiger partial charge in [-0.15, -0.1) is 0 Å². The zero-order valence-corrected chi connectivity index (χ0v) is 15.8. The lowest BCUT2D eigenvalue weighted by molar-refractivity contribution is -0.231. The van der Waals surface area contributed by atoms with Gasteiger partial charge in [0.15, 0.2) is 0 Å². The van der Waals surface area contributed by atoms with E-state index in [2.05, 4.69) is 28.1 Å². The van der Waals surface area contributed by atoms with Gasteiger partial charge in [0.05, 0.1) is 6.61 Å². The van der Waals surface area contributed by atoms with Gasteiger partial charge in [0, 0.05) is 55.4 Å². The third kappa shape index (κ3) is 3.09. The van der Waals surface area contributed by atoms with Gasteiger partial charge in [-0.2, -0.15) is 0 Å². The molecule has 5 rings (SSSR count). The van der Waals surface area contributed by atoms with Crippen LogP contribution in [-0.4, -0.2) is 34.8 Å². The molecule has 1 aliphatic carbocycles. The SMILES string of the molecule is Cc1cc(=O)[nH]cc1-c1ccc2c(c1)COC1(CCN(C3CCC3)CC1)O2. The molecule has 1 aromatic carbocycles. The topological polar surface area (TPSA) is 54.6 Å². The van der Waals surface area contributed by atoms with Crippen LogP contribution in [0.5, 0.6) is 5.75 Å². The number of aromatic amines is 1. The minimum absolute atomic E-state index is 0.0731. The second kappa shape index (κ2) is 6.50. The number of ether oxygens (including phenoxy) is 2. The first-order valence-electron chi connectivity index (χ1n) is 10.0. The van der Waals surface area contributed by atoms with Gasteiger partial charge in [0.1, 0.15) is 5.75 Å². The number of hydrogen-bond donors (Lipinski definition) is 1. The van der Waals surface area contributed by atoms with E-state index in [1.165, 1.54) is 19.3 Å². The van der Waals surface area contributed by atoms with Crippen LogP contribution in [0.25, 0.3) is 11.1 Å². The molecule has 1 spiro atoms. The number of hydrogen-bond acceptors (Lipinski definition) is 4. The summed E-state index contributed by atoms with van der Waals surface area (Å²) in [4.78, 5) is 16.8. The molecule has 27 heavy (non-hydrogen) atoms. The zero-order valence-electron chi connectivity index (χ0n) is 15.8. The molecule has 1 aromatic heterocycles. The molecule has 2 aliphatic heterocycles. The maximum atomic E-state index is 11.5. The lowest BCUT2D eigenvalue weighted by Gasteiger charge is -2.47. The van der Waals surface area contributed by atoms with Crippen molar-refractivity contribution in [2.75, 3.05) is 13.1 Å². The van der Waals surface area contributed by atoms with Crippen molar-refractivity contribution < 1.29 is 9.47 Å². The number of rotatable bonds is 2. The molecule has 0 bridgehead atoms. The van der Waals surface area contributed by atoms with E-state index < -0.39 is 5.79 Å². The van der Waals surface area contributed by atoms with Crippen molar-refractivity contribution in [3.05, 3.63) is 51.9 Å². The molecule has 0 atom stereocenters. The van der Waals surface area contributed by atoms with Gasteiger partial charge in [0.2, 0.25) is 11.3 Å². The molecule has 0 amide bonds. The molecular weight excluding hydrogens is 340 g/mol. The fraction of sp³-hybridized carbons (Fsp3) is 0.500. The molecule has 0 unspecified atom stereocenters. The van der Waals surface area contributed by atoms with Gasteiger partial charge in [-0.3, -0.25) is 9.69 Å². The Morgan fingerprint density at radius 1 is 1.19 bits per heavy atom. The lowest BCUT2D eigenvalue weighted by atomic mass is 9.89. The summed E-state index contributed by atoms with van der Waals surface area (Å²) < 4.78 is 12.6. The van der Waals surface area contributed by atoms with Gasteiger partial charge in [0.25, 0.3) is 0 Å². The van der Waals surface area contributed by atoms with Crippen molar-refractivity contribution in [3.8, 4) is 16.9 Å². The molecule has 142 valence electrons. The third-order valence-electron chi connectivity index (χ3n) is 6.44. The number of aryl methyl sites for hydroxylation is 1. The maximum Gasteiger partial charge on any atom is 0.248 e. The van der Waals surface area contributed by atoms with Crippen LogP contribution < -0.4 is 10.3 Å². The standard InChI is InChI=1S/C22H26N2O3/c1-15-11-21(25)23-13-19(15)16-5-6-20-17(12-16)14-26-22(27-20)7-9-24(10-8-22)18-3-2-4-18/h5-6,11-13,18H,2-4,7-10,14H2,1H3,(H,23,25). The van der Waals surface area contributed by atoms with Crippen LogP contribution in [0.3, 0.4) is 0 Å². The van der Waals surface area contributed by atoms with Crippen molar-refractivity contribution in [3.63, 3.8) is 0 Å². The molecule has 5 heteroatoms. The van der Waals surface area contributed by atoms with Crippen molar-refractivity contribution in [2.45, 2.75) is 57.5 Å². The van der Waals surface area contributed by atoms with Crippen molar-refractivity contribution in [2.24, 2.45) is 0 Å². The number of H-pyrrole nitrogens is 1. The van der Waals surface area contributed by atoms with Crippen LogP contribution in [0.15, 0.2) is 35.3 Å². The molecule has 3 heterocycles. The Morgan fingerprint density at radius 3 is 2.70 bits per heavy atom. The van der Waals surface area contributed by atoms with E-state index in [1.807, 2.05) is 6.92 Å². The highest BCUT2D eigenvalue weighted by atomic mass is 16.7. The number of pyridine rings is 1. The Balaban J connectivity index is 1.34. The first kappa shape index (κ1) is 17.0. The van der Waals surface area contributed by atoms with Crippen LogP contribution in [0.1, 0.15) is 43.2 Å². The zero-order chi connectivity index (χ0) is 18.4. The number of benzene rings is 1. The van der Waals surface area contributed by atoms with E-state index in [0.717, 1.165) is 60.0 Å². The molecule has 2 aromatic rings. The molecule has 0 radical (unpaired) electrons. The summed E-state index contributed by atoms with van der Waals surface area (Å²) in [5, 5.41) is 0. The summed E-state index contributed by atoms with van der Waals surface area (Å²) in [6.07, 6.45) is 7.73. The highest BCUT2D eigenvalue weighted by Gasteiger charge is 2.42. The van der Waals surface area contributed by atoms with Crippen molar-refractivity contribution in [1.29, 1.82) is 0 Å². The van der Waals surface area contributed by atoms with Gasteiger partial charge in [-0.25, -0.2) is 0 Å². The Labute approximate surface area is 159 Å². The minimum atomic E-state index is -0.456. The van der Waals surface area contributed by atoms with Crippen LogP contribution in [-0.2, 0) is 11.3 Å². The molecule has 3 aliphatic rings. The predicted octanol–water partition coefficient (Wildman–Crippen LogP) is 3.60. The third-order valence-corrected chi connectivity index (χ3v) is 6.44. The maximum absolute atomic E-state index is 11.5. The Bertz CT molecular complexity index is 908. The normalized spacial score (nSPS) is 22.1. The van der Waals surface area contributed by atoms with Crippen LogP contribution in [0.2, 0.25) is 0 Å². The van der Waals surface area contributed by atoms with Gasteiger partial charge in [-0.1, -0.05) is 12.5 Å². The molecule has 1 saturated heterocycles. The van der Waals surface area contributed by atoms with Crippen LogP contribution in [0, 0.1) is 6.92 Å². The van der Waals surface area contributed by atoms with E-state index in [1.54, 1.807) is 12.3 Å². The van der Waals surface area contributed by atoms with E-state index in [9.17, 15) is 4.79 Å². The molecular formula is C22H26N2O3. The number of piperidine rings is 1. The molecule has 1 saturated carbocycles. The quantitative estimate of drug-likeness (QED) is 0.882. The highest BCUT2D eigenvalue weighted by Crippen LogP contribution is 2.40. The number of aromatic nitrogens is 1. The monoisotopic (exact) mass is 366 g/mol. The smallest absolute Gasteiger partial charge is 0.248 e. The van der Waals surface area contributed by atoms with Crippen molar-refractivity contribution >= 4 is 0 Å². The van der Waals surface area contributed by atoms with Gasteiger partial charge in [-0.05, 0) is 43.0 Å². The van der Waals surface area contributed by atoms with Crippen LogP contribution in [0.4, 0.5) is 0 Å². The number of fused-ring (bicyclic) bond motifs is 1. The number of nitrogens with zero attached hydrogens (tertiary/aromatic N) is 1. The minimum Gasteiger partial charge on any atom is -0.462 e. The Morgan fingerprint density at radius 2 is 2.00 bits per heavy atom. The summed E-state index contributed by atoms with van der Waals surface area (Å²) in [6.45, 7) is 4.67. The number of likely N-dealkylation sites (tertiary alicyclic amines) is 1. The first-order valence-corrected chi connectivity index (χ1v) is 10.0.